The van der Waals surface area contributed by atoms with Crippen LogP contribution in [0.4, 0.5) is 0 Å². The van der Waals surface area contributed by atoms with Gasteiger partial charge in [-0.2, -0.15) is 5.26 Å². The summed E-state index contributed by atoms with van der Waals surface area (Å²) < 4.78 is 0. The highest BCUT2D eigenvalue weighted by atomic mass is 14.2. The highest BCUT2D eigenvalue weighted by Crippen LogP contribution is 2.11. The zero-order valence-electron chi connectivity index (χ0n) is 9.68. The second-order valence-corrected chi connectivity index (χ2v) is 3.99. The van der Waals surface area contributed by atoms with Crippen molar-refractivity contribution in [2.75, 3.05) is 0 Å². The van der Waals surface area contributed by atoms with Crippen molar-refractivity contribution in [1.82, 2.24) is 0 Å². The number of rotatable bonds is 8. The van der Waals surface area contributed by atoms with E-state index in [0.29, 0.717) is 0 Å². The van der Waals surface area contributed by atoms with Crippen molar-refractivity contribution in [1.29, 1.82) is 5.26 Å². The van der Waals surface area contributed by atoms with E-state index in [-0.39, 0.29) is 0 Å². The molecule has 0 rings (SSSR count). The third-order valence-electron chi connectivity index (χ3n) is 2.49. The van der Waals surface area contributed by atoms with Gasteiger partial charge in [0.15, 0.2) is 0 Å². The molecule has 0 saturated heterocycles. The van der Waals surface area contributed by atoms with Gasteiger partial charge in [-0.1, -0.05) is 51.0 Å². The predicted octanol–water partition coefficient (Wildman–Crippen LogP) is 4.60. The van der Waals surface area contributed by atoms with Crippen molar-refractivity contribution < 1.29 is 0 Å². The largest absolute Gasteiger partial charge is 0.193 e. The van der Waals surface area contributed by atoms with Crippen LogP contribution in [0.5, 0.6) is 0 Å². The van der Waals surface area contributed by atoms with Gasteiger partial charge in [0.2, 0.25) is 0 Å². The van der Waals surface area contributed by atoms with Crippen LogP contribution in [0.15, 0.2) is 11.6 Å². The summed E-state index contributed by atoms with van der Waals surface area (Å²) in [6.45, 7) is 4.29. The van der Waals surface area contributed by atoms with Gasteiger partial charge in [-0.25, -0.2) is 0 Å². The molecule has 0 aromatic carbocycles. The third-order valence-corrected chi connectivity index (χ3v) is 2.49. The molecule has 0 aromatic rings. The molecule has 0 aromatic heterocycles. The van der Waals surface area contributed by atoms with E-state index in [1.165, 1.54) is 50.5 Å². The van der Waals surface area contributed by atoms with Crippen molar-refractivity contribution in [2.24, 2.45) is 0 Å². The average molecular weight is 193 g/mol. The molecule has 1 nitrogen and oxygen atoms in total. The summed E-state index contributed by atoms with van der Waals surface area (Å²) in [4.78, 5) is 0. The van der Waals surface area contributed by atoms with Gasteiger partial charge in [-0.05, 0) is 19.8 Å². The molecular weight excluding hydrogens is 170 g/mol. The van der Waals surface area contributed by atoms with Gasteiger partial charge in [0.25, 0.3) is 0 Å². The first-order valence-corrected chi connectivity index (χ1v) is 5.86. The normalized spacial score (nSPS) is 11.4. The lowest BCUT2D eigenvalue weighted by molar-refractivity contribution is 0.588. The molecule has 80 valence electrons. The van der Waals surface area contributed by atoms with Crippen LogP contribution in [0.2, 0.25) is 0 Å². The van der Waals surface area contributed by atoms with Crippen LogP contribution < -0.4 is 0 Å². The van der Waals surface area contributed by atoms with E-state index in [4.69, 9.17) is 5.26 Å². The van der Waals surface area contributed by atoms with Crippen molar-refractivity contribution in [2.45, 2.75) is 65.2 Å². The second-order valence-electron chi connectivity index (χ2n) is 3.99. The summed E-state index contributed by atoms with van der Waals surface area (Å²) in [5, 5.41) is 8.41. The van der Waals surface area contributed by atoms with Crippen molar-refractivity contribution in [3.8, 4) is 6.07 Å². The Bertz CT molecular complexity index is 186. The van der Waals surface area contributed by atoms with Crippen molar-refractivity contribution >= 4 is 0 Å². The van der Waals surface area contributed by atoms with Crippen molar-refractivity contribution in [3.05, 3.63) is 11.6 Å². The maximum absolute atomic E-state index is 8.41. The lowest BCUT2D eigenvalue weighted by Crippen LogP contribution is -1.81. The van der Waals surface area contributed by atoms with Crippen LogP contribution in [0.3, 0.4) is 0 Å². The topological polar surface area (TPSA) is 23.8 Å². The Labute approximate surface area is 88.8 Å². The number of allylic oxidation sites excluding steroid dienone is 2. The van der Waals surface area contributed by atoms with Crippen LogP contribution in [0.25, 0.3) is 0 Å². The van der Waals surface area contributed by atoms with Crippen LogP contribution in [0, 0.1) is 11.3 Å². The molecule has 0 unspecified atom stereocenters. The van der Waals surface area contributed by atoms with Crippen LogP contribution >= 0.6 is 0 Å². The van der Waals surface area contributed by atoms with Crippen LogP contribution in [0.1, 0.15) is 65.2 Å². The van der Waals surface area contributed by atoms with Crippen LogP contribution in [-0.4, -0.2) is 0 Å². The van der Waals surface area contributed by atoms with Gasteiger partial charge in [0.05, 0.1) is 6.07 Å². The summed E-state index contributed by atoms with van der Waals surface area (Å²) in [5.41, 5.74) is 1.22. The van der Waals surface area contributed by atoms with Gasteiger partial charge in [-0.3, -0.25) is 0 Å². The Morgan fingerprint density at radius 2 is 1.64 bits per heavy atom. The fourth-order valence-electron chi connectivity index (χ4n) is 1.54. The third kappa shape index (κ3) is 9.32. The fraction of sp³-hybridized carbons (Fsp3) is 0.769. The molecule has 0 amide bonds. The molecule has 0 radical (unpaired) electrons. The maximum atomic E-state index is 8.41. The summed E-state index contributed by atoms with van der Waals surface area (Å²) in [5.74, 6) is 0. The molecule has 0 atom stereocenters. The van der Waals surface area contributed by atoms with Gasteiger partial charge >= 0.3 is 0 Å². The monoisotopic (exact) mass is 193 g/mol. The van der Waals surface area contributed by atoms with E-state index >= 15 is 0 Å². The Hall–Kier alpha value is -0.770. The first-order chi connectivity index (χ1) is 6.81. The molecule has 0 aliphatic rings. The minimum atomic E-state index is 1.10. The maximum Gasteiger partial charge on any atom is 0.0911 e. The van der Waals surface area contributed by atoms with E-state index in [1.54, 1.807) is 6.08 Å². The highest BCUT2D eigenvalue weighted by molar-refractivity contribution is 5.10. The van der Waals surface area contributed by atoms with Crippen molar-refractivity contribution in [3.63, 3.8) is 0 Å². The molecule has 0 N–H and O–H groups in total. The molecule has 0 heterocycles. The molecule has 0 spiro atoms. The Kier molecular flexibility index (Phi) is 9.74. The Balaban J connectivity index is 3.14. The number of hydrogen-bond acceptors (Lipinski definition) is 1. The summed E-state index contributed by atoms with van der Waals surface area (Å²) in [7, 11) is 0. The van der Waals surface area contributed by atoms with Gasteiger partial charge in [0.1, 0.15) is 0 Å². The standard InChI is InChI=1S/C13H23N/c1-3-4-5-6-7-8-9-10-13(2)11-12-14/h11H,3-10H2,1-2H3. The molecule has 0 aliphatic carbocycles. The van der Waals surface area contributed by atoms with E-state index in [0.717, 1.165) is 6.42 Å². The SMILES string of the molecule is CCCCCCCCCC(C)=CC#N. The summed E-state index contributed by atoms with van der Waals surface area (Å²) in [6.07, 6.45) is 12.2. The van der Waals surface area contributed by atoms with E-state index in [1.807, 2.05) is 6.92 Å². The highest BCUT2D eigenvalue weighted by Gasteiger charge is 1.92. The van der Waals surface area contributed by atoms with Crippen LogP contribution in [-0.2, 0) is 0 Å². The van der Waals surface area contributed by atoms with Gasteiger partial charge < -0.3 is 0 Å². The smallest absolute Gasteiger partial charge is 0.0911 e. The Morgan fingerprint density at radius 1 is 1.07 bits per heavy atom. The molecule has 14 heavy (non-hydrogen) atoms. The summed E-state index contributed by atoms with van der Waals surface area (Å²) in [6, 6.07) is 2.07. The number of nitriles is 1. The van der Waals surface area contributed by atoms with Gasteiger partial charge in [0, 0.05) is 6.08 Å². The lowest BCUT2D eigenvalue weighted by atomic mass is 10.1. The first kappa shape index (κ1) is 13.2. The van der Waals surface area contributed by atoms with Gasteiger partial charge in [-0.15, -0.1) is 0 Å². The molecule has 0 bridgehead atoms. The molecule has 0 saturated carbocycles. The number of hydrogen-bond donors (Lipinski definition) is 0. The quantitative estimate of drug-likeness (QED) is 0.408. The lowest BCUT2D eigenvalue weighted by Gasteiger charge is -2.00. The predicted molar refractivity (Wildman–Crippen MR) is 62.0 cm³/mol. The zero-order valence-corrected chi connectivity index (χ0v) is 9.68. The van der Waals surface area contributed by atoms with E-state index in [9.17, 15) is 0 Å². The average Bonchev–Trinajstić information content (AvgIpc) is 2.17. The fourth-order valence-corrected chi connectivity index (χ4v) is 1.54. The second kappa shape index (κ2) is 10.3. The first-order valence-electron chi connectivity index (χ1n) is 5.86. The van der Waals surface area contributed by atoms with E-state index in [2.05, 4.69) is 13.0 Å². The zero-order chi connectivity index (χ0) is 10.6. The van der Waals surface area contributed by atoms with E-state index < -0.39 is 0 Å². The Morgan fingerprint density at radius 3 is 2.21 bits per heavy atom. The number of nitrogens with zero attached hydrogens (tertiary/aromatic N) is 1. The molecule has 0 fully saturated rings. The summed E-state index contributed by atoms with van der Waals surface area (Å²) >= 11 is 0. The number of unbranched alkanes of at least 4 members (excludes halogenated alkanes) is 6. The minimum Gasteiger partial charge on any atom is -0.193 e. The minimum absolute atomic E-state index is 1.10. The molecule has 0 aliphatic heterocycles. The molecular formula is C13H23N. The molecule has 1 heteroatoms.